The van der Waals surface area contributed by atoms with Crippen molar-refractivity contribution >= 4 is 12.0 Å². The van der Waals surface area contributed by atoms with Crippen LogP contribution in [0.15, 0.2) is 0 Å². The highest BCUT2D eigenvalue weighted by Gasteiger charge is 2.25. The number of carboxylic acid groups (broad SMARTS) is 1. The molecule has 6 heteroatoms. The molecule has 2 aliphatic rings. The Hall–Kier alpha value is -1.30. The lowest BCUT2D eigenvalue weighted by atomic mass is 10.1. The molecule has 2 rings (SSSR count). The molecule has 1 saturated carbocycles. The number of nitrogens with one attached hydrogen (secondary N) is 1. The van der Waals surface area contributed by atoms with Gasteiger partial charge in [0.1, 0.15) is 0 Å². The van der Waals surface area contributed by atoms with Gasteiger partial charge in [0.25, 0.3) is 0 Å². The summed E-state index contributed by atoms with van der Waals surface area (Å²) in [6, 6.07) is 0.396. The van der Waals surface area contributed by atoms with Gasteiger partial charge in [0, 0.05) is 19.1 Å². The smallest absolute Gasteiger partial charge is 0.317 e. The first-order valence-electron chi connectivity index (χ1n) is 7.54. The number of carboxylic acids is 1. The molecule has 0 aromatic carbocycles. The lowest BCUT2D eigenvalue weighted by molar-refractivity contribution is -0.138. The van der Waals surface area contributed by atoms with Gasteiger partial charge in [-0.15, -0.1) is 0 Å². The van der Waals surface area contributed by atoms with E-state index in [4.69, 9.17) is 9.84 Å². The van der Waals surface area contributed by atoms with Crippen molar-refractivity contribution in [1.29, 1.82) is 0 Å². The Morgan fingerprint density at radius 1 is 1.15 bits per heavy atom. The third kappa shape index (κ3) is 4.67. The molecular formula is C14H24N2O4. The molecule has 114 valence electrons. The number of carbonyl (C=O) groups excluding carboxylic acids is 1. The first-order valence-corrected chi connectivity index (χ1v) is 7.54. The summed E-state index contributed by atoms with van der Waals surface area (Å²) < 4.78 is 5.52. The Labute approximate surface area is 119 Å². The van der Waals surface area contributed by atoms with E-state index >= 15 is 0 Å². The highest BCUT2D eigenvalue weighted by Crippen LogP contribution is 2.19. The monoisotopic (exact) mass is 284 g/mol. The number of nitrogens with zero attached hydrogens (tertiary/aromatic N) is 1. The number of aliphatic carboxylic acids is 1. The quantitative estimate of drug-likeness (QED) is 0.803. The number of carbonyl (C=O) groups is 2. The Balaban J connectivity index is 1.62. The molecule has 0 spiro atoms. The van der Waals surface area contributed by atoms with Crippen molar-refractivity contribution in [2.75, 3.05) is 19.7 Å². The van der Waals surface area contributed by atoms with Gasteiger partial charge in [-0.2, -0.15) is 0 Å². The molecule has 0 radical (unpaired) electrons. The average Bonchev–Trinajstić information content (AvgIpc) is 2.92. The summed E-state index contributed by atoms with van der Waals surface area (Å²) in [6.45, 7) is 1.64. The second-order valence-electron chi connectivity index (χ2n) is 5.63. The van der Waals surface area contributed by atoms with E-state index in [1.54, 1.807) is 0 Å². The predicted molar refractivity (Wildman–Crippen MR) is 73.6 cm³/mol. The minimum atomic E-state index is -0.835. The van der Waals surface area contributed by atoms with Gasteiger partial charge in [-0.3, -0.25) is 4.79 Å². The number of ether oxygens (including phenoxy) is 1. The minimum Gasteiger partial charge on any atom is -0.481 e. The highest BCUT2D eigenvalue weighted by molar-refractivity contribution is 5.74. The van der Waals surface area contributed by atoms with Crippen LogP contribution < -0.4 is 5.32 Å². The van der Waals surface area contributed by atoms with Crippen LogP contribution in [-0.2, 0) is 9.53 Å². The van der Waals surface area contributed by atoms with E-state index in [-0.39, 0.29) is 25.2 Å². The molecule has 1 aliphatic heterocycles. The van der Waals surface area contributed by atoms with Crippen LogP contribution in [0.3, 0.4) is 0 Å². The molecule has 2 amide bonds. The van der Waals surface area contributed by atoms with Crippen LogP contribution in [0.4, 0.5) is 4.79 Å². The van der Waals surface area contributed by atoms with Gasteiger partial charge in [0.15, 0.2) is 0 Å². The predicted octanol–water partition coefficient (Wildman–Crippen LogP) is 1.59. The number of piperidine rings is 1. The maximum Gasteiger partial charge on any atom is 0.317 e. The van der Waals surface area contributed by atoms with E-state index in [1.807, 2.05) is 4.90 Å². The number of hydrogen-bond donors (Lipinski definition) is 2. The van der Waals surface area contributed by atoms with Crippen molar-refractivity contribution in [3.05, 3.63) is 0 Å². The van der Waals surface area contributed by atoms with Crippen LogP contribution in [0, 0.1) is 0 Å². The van der Waals surface area contributed by atoms with Crippen LogP contribution in [-0.4, -0.2) is 53.8 Å². The van der Waals surface area contributed by atoms with Gasteiger partial charge in [-0.25, -0.2) is 4.79 Å². The summed E-state index contributed by atoms with van der Waals surface area (Å²) in [5.41, 5.74) is 0. The van der Waals surface area contributed by atoms with E-state index in [2.05, 4.69) is 5.32 Å². The summed E-state index contributed by atoms with van der Waals surface area (Å²) >= 11 is 0. The van der Waals surface area contributed by atoms with E-state index in [1.165, 1.54) is 12.8 Å². The molecule has 0 atom stereocenters. The number of urea groups is 1. The number of amides is 2. The van der Waals surface area contributed by atoms with Gasteiger partial charge in [0.05, 0.1) is 19.1 Å². The molecule has 1 heterocycles. The van der Waals surface area contributed by atoms with Crippen LogP contribution in [0.5, 0.6) is 0 Å². The van der Waals surface area contributed by atoms with Gasteiger partial charge < -0.3 is 20.1 Å². The molecule has 1 aliphatic carbocycles. The van der Waals surface area contributed by atoms with Crippen molar-refractivity contribution in [2.45, 2.75) is 57.1 Å². The van der Waals surface area contributed by atoms with E-state index in [9.17, 15) is 9.59 Å². The fourth-order valence-electron chi connectivity index (χ4n) is 2.87. The summed E-state index contributed by atoms with van der Waals surface area (Å²) in [4.78, 5) is 24.3. The van der Waals surface area contributed by atoms with Gasteiger partial charge in [-0.05, 0) is 25.7 Å². The molecule has 0 bridgehead atoms. The fraction of sp³-hybridized carbons (Fsp3) is 0.857. The standard InChI is InChI=1S/C14H24N2O4/c17-13(18)7-10-20-12-5-8-16(9-6-12)14(19)15-11-3-1-2-4-11/h11-12H,1-10H2,(H,15,19)(H,17,18). The van der Waals surface area contributed by atoms with Crippen molar-refractivity contribution in [3.8, 4) is 0 Å². The third-order valence-corrected chi connectivity index (χ3v) is 4.08. The molecule has 1 saturated heterocycles. The normalized spacial score (nSPS) is 21.1. The number of likely N-dealkylation sites (tertiary alicyclic amines) is 1. The van der Waals surface area contributed by atoms with E-state index in [0.29, 0.717) is 19.1 Å². The topological polar surface area (TPSA) is 78.9 Å². The summed E-state index contributed by atoms with van der Waals surface area (Å²) in [7, 11) is 0. The molecule has 0 unspecified atom stereocenters. The highest BCUT2D eigenvalue weighted by atomic mass is 16.5. The van der Waals surface area contributed by atoms with Crippen molar-refractivity contribution < 1.29 is 19.4 Å². The second-order valence-corrected chi connectivity index (χ2v) is 5.63. The van der Waals surface area contributed by atoms with E-state index < -0.39 is 5.97 Å². The van der Waals surface area contributed by atoms with Crippen molar-refractivity contribution in [1.82, 2.24) is 10.2 Å². The van der Waals surface area contributed by atoms with Crippen LogP contribution in [0.25, 0.3) is 0 Å². The second kappa shape index (κ2) is 7.47. The summed E-state index contributed by atoms with van der Waals surface area (Å²) in [5.74, 6) is -0.835. The molecule has 0 aromatic rings. The first-order chi connectivity index (χ1) is 9.65. The maximum atomic E-state index is 12.1. The minimum absolute atomic E-state index is 0.0425. The van der Waals surface area contributed by atoms with Gasteiger partial charge >= 0.3 is 12.0 Å². The molecule has 2 N–H and O–H groups in total. The Kier molecular flexibility index (Phi) is 5.64. The zero-order valence-electron chi connectivity index (χ0n) is 11.8. The van der Waals surface area contributed by atoms with Crippen LogP contribution in [0.1, 0.15) is 44.9 Å². The molecule has 2 fully saturated rings. The van der Waals surface area contributed by atoms with E-state index in [0.717, 1.165) is 25.7 Å². The molecule has 6 nitrogen and oxygen atoms in total. The van der Waals surface area contributed by atoms with Gasteiger partial charge in [-0.1, -0.05) is 12.8 Å². The van der Waals surface area contributed by atoms with Crippen molar-refractivity contribution in [3.63, 3.8) is 0 Å². The lowest BCUT2D eigenvalue weighted by Crippen LogP contribution is -2.48. The summed E-state index contributed by atoms with van der Waals surface area (Å²) in [6.07, 6.45) is 6.33. The Morgan fingerprint density at radius 3 is 2.40 bits per heavy atom. The van der Waals surface area contributed by atoms with Crippen LogP contribution >= 0.6 is 0 Å². The number of hydrogen-bond acceptors (Lipinski definition) is 3. The fourth-order valence-corrected chi connectivity index (χ4v) is 2.87. The number of rotatable bonds is 5. The lowest BCUT2D eigenvalue weighted by Gasteiger charge is -2.32. The third-order valence-electron chi connectivity index (χ3n) is 4.08. The molecular weight excluding hydrogens is 260 g/mol. The zero-order chi connectivity index (χ0) is 14.4. The Morgan fingerprint density at radius 2 is 1.80 bits per heavy atom. The SMILES string of the molecule is O=C(O)CCOC1CCN(C(=O)NC2CCCC2)CC1. The molecule has 0 aromatic heterocycles. The maximum absolute atomic E-state index is 12.1. The van der Waals surface area contributed by atoms with Gasteiger partial charge in [0.2, 0.25) is 0 Å². The average molecular weight is 284 g/mol. The Bertz CT molecular complexity index is 334. The van der Waals surface area contributed by atoms with Crippen LogP contribution in [0.2, 0.25) is 0 Å². The molecule has 20 heavy (non-hydrogen) atoms. The zero-order valence-corrected chi connectivity index (χ0v) is 11.8. The first kappa shape index (κ1) is 15.1. The largest absolute Gasteiger partial charge is 0.481 e. The van der Waals surface area contributed by atoms with Crippen molar-refractivity contribution in [2.24, 2.45) is 0 Å². The summed E-state index contributed by atoms with van der Waals surface area (Å²) in [5, 5.41) is 11.6.